The molecule has 6 atom stereocenters. The maximum Gasteiger partial charge on any atom is 0.190 e. The molecule has 0 saturated carbocycles. The zero-order valence-corrected chi connectivity index (χ0v) is 21.8. The van der Waals surface area contributed by atoms with Crippen LogP contribution >= 0.6 is 0 Å². The van der Waals surface area contributed by atoms with Crippen LogP contribution in [0.15, 0.2) is 60.1 Å². The Morgan fingerprint density at radius 2 is 1.94 bits per heavy atom. The molecule has 6 rings (SSSR count). The topological polar surface area (TPSA) is 51.7 Å². The summed E-state index contributed by atoms with van der Waals surface area (Å²) in [4.78, 5) is 7.86. The van der Waals surface area contributed by atoms with Crippen molar-refractivity contribution in [1.29, 1.82) is 0 Å². The molecule has 3 aromatic rings. The van der Waals surface area contributed by atoms with Crippen molar-refractivity contribution in [2.45, 2.75) is 50.7 Å². The van der Waals surface area contributed by atoms with Crippen LogP contribution < -0.4 is 4.74 Å². The number of piperidine rings is 3. The Hall–Kier alpha value is -2.54. The molecule has 0 N–H and O–H groups in total. The molecule has 2 bridgehead atoms. The number of fused-ring (bicyclic) bond motifs is 4. The number of aryl methyl sites for hydroxylation is 3. The van der Waals surface area contributed by atoms with Crippen molar-refractivity contribution in [2.24, 2.45) is 11.8 Å². The Bertz CT molecular complexity index is 1270. The molecule has 0 amide bonds. The van der Waals surface area contributed by atoms with Crippen LogP contribution in [0, 0.1) is 32.6 Å². The number of benzene rings is 2. The minimum Gasteiger partial charge on any atom is -0.497 e. The fraction of sp³-hybridized carbons (Fsp3) is 0.414. The lowest BCUT2D eigenvalue weighted by molar-refractivity contribution is -0.0322. The summed E-state index contributed by atoms with van der Waals surface area (Å²) in [7, 11) is 1.67. The van der Waals surface area contributed by atoms with E-state index in [1.807, 2.05) is 44.3 Å². The molecule has 184 valence electrons. The normalized spacial score (nSPS) is 25.4. The summed E-state index contributed by atoms with van der Waals surface area (Å²) in [5, 5.41) is 0.981. The van der Waals surface area contributed by atoms with Gasteiger partial charge in [0.1, 0.15) is 11.9 Å². The van der Waals surface area contributed by atoms with Gasteiger partial charge in [0.15, 0.2) is 11.1 Å². The lowest BCUT2D eigenvalue weighted by atomic mass is 9.73. The summed E-state index contributed by atoms with van der Waals surface area (Å²) in [5.74, 6) is 1.85. The first-order chi connectivity index (χ1) is 16.9. The van der Waals surface area contributed by atoms with E-state index in [0.29, 0.717) is 11.8 Å². The SMILES string of the molecule is C=C[C@H]1CN2CC[C@H]1C[C@H]2[C@H](OS(=O)c1c(C)cc(C)cc1C)c1ccnc2ccc(OC)cc12. The molecule has 2 aromatic carbocycles. The molecule has 3 saturated heterocycles. The molecule has 3 aliphatic heterocycles. The zero-order chi connectivity index (χ0) is 24.7. The van der Waals surface area contributed by atoms with E-state index in [9.17, 15) is 4.21 Å². The largest absolute Gasteiger partial charge is 0.497 e. The number of hydrogen-bond acceptors (Lipinski definition) is 5. The van der Waals surface area contributed by atoms with Gasteiger partial charge < -0.3 is 4.74 Å². The number of ether oxygens (including phenoxy) is 1. The van der Waals surface area contributed by atoms with Gasteiger partial charge >= 0.3 is 0 Å². The minimum atomic E-state index is -1.61. The van der Waals surface area contributed by atoms with Crippen molar-refractivity contribution >= 4 is 22.0 Å². The van der Waals surface area contributed by atoms with E-state index in [2.05, 4.69) is 41.6 Å². The molecule has 1 aromatic heterocycles. The van der Waals surface area contributed by atoms with Crippen molar-refractivity contribution in [3.63, 3.8) is 0 Å². The number of hydrogen-bond donors (Lipinski definition) is 0. The molecule has 3 aliphatic rings. The first-order valence-electron chi connectivity index (χ1n) is 12.4. The van der Waals surface area contributed by atoms with Crippen molar-refractivity contribution in [3.8, 4) is 5.75 Å². The predicted octanol–water partition coefficient (Wildman–Crippen LogP) is 5.85. The summed E-state index contributed by atoms with van der Waals surface area (Å²) in [5.41, 5.74) is 5.05. The fourth-order valence-corrected chi connectivity index (χ4v) is 7.27. The van der Waals surface area contributed by atoms with Gasteiger partial charge in [0.05, 0.1) is 17.5 Å². The second-order valence-corrected chi connectivity index (χ2v) is 11.1. The Kier molecular flexibility index (Phi) is 6.80. The third-order valence-corrected chi connectivity index (χ3v) is 9.11. The van der Waals surface area contributed by atoms with Crippen molar-refractivity contribution in [2.75, 3.05) is 20.2 Å². The standard InChI is InChI=1S/C29H34N2O3S/c1-6-21-17-31-12-10-22(21)15-27(31)28(34-35(32)29-19(3)13-18(2)14-20(29)4)24-9-11-30-26-8-7-23(33-5)16-25(24)26/h6-9,11,13-14,16,21-22,27-28H,1,10,12,15,17H2,2-5H3/t21-,22-,27-,28+,35?/m0/s1. The van der Waals surface area contributed by atoms with Gasteiger partial charge in [0.25, 0.3) is 0 Å². The van der Waals surface area contributed by atoms with Crippen LogP contribution in [0.3, 0.4) is 0 Å². The number of aromatic nitrogens is 1. The highest BCUT2D eigenvalue weighted by molar-refractivity contribution is 7.80. The average Bonchev–Trinajstić information content (AvgIpc) is 2.86. The van der Waals surface area contributed by atoms with Crippen molar-refractivity contribution < 1.29 is 13.1 Å². The molecule has 3 fully saturated rings. The molecule has 2 unspecified atom stereocenters. The van der Waals surface area contributed by atoms with Gasteiger partial charge in [0.2, 0.25) is 0 Å². The molecule has 6 heteroatoms. The maximum atomic E-state index is 13.8. The van der Waals surface area contributed by atoms with Crippen LogP contribution in [-0.4, -0.2) is 40.3 Å². The number of rotatable bonds is 7. The minimum absolute atomic E-state index is 0.136. The van der Waals surface area contributed by atoms with E-state index in [0.717, 1.165) is 63.3 Å². The highest BCUT2D eigenvalue weighted by atomic mass is 32.2. The van der Waals surface area contributed by atoms with Gasteiger partial charge in [-0.3, -0.25) is 14.1 Å². The third kappa shape index (κ3) is 4.55. The Morgan fingerprint density at radius 3 is 2.60 bits per heavy atom. The lowest BCUT2D eigenvalue weighted by Crippen LogP contribution is -2.55. The van der Waals surface area contributed by atoms with Gasteiger partial charge in [-0.05, 0) is 92.9 Å². The van der Waals surface area contributed by atoms with Gasteiger partial charge in [0, 0.05) is 24.2 Å². The van der Waals surface area contributed by atoms with E-state index in [1.54, 1.807) is 7.11 Å². The van der Waals surface area contributed by atoms with Crippen LogP contribution in [-0.2, 0) is 15.3 Å². The highest BCUT2D eigenvalue weighted by Gasteiger charge is 2.44. The fourth-order valence-electron chi connectivity index (χ4n) is 6.11. The second-order valence-electron chi connectivity index (χ2n) is 10.0. The summed E-state index contributed by atoms with van der Waals surface area (Å²) >= 11 is -1.61. The Balaban J connectivity index is 1.59. The Morgan fingerprint density at radius 1 is 1.17 bits per heavy atom. The first kappa shape index (κ1) is 24.2. The van der Waals surface area contributed by atoms with E-state index in [1.165, 1.54) is 6.42 Å². The second kappa shape index (κ2) is 9.84. The van der Waals surface area contributed by atoms with E-state index in [-0.39, 0.29) is 12.1 Å². The smallest absolute Gasteiger partial charge is 0.190 e. The van der Waals surface area contributed by atoms with Crippen LogP contribution in [0.4, 0.5) is 0 Å². The monoisotopic (exact) mass is 490 g/mol. The van der Waals surface area contributed by atoms with Gasteiger partial charge in [-0.25, -0.2) is 4.21 Å². The molecule has 5 nitrogen and oxygen atoms in total. The van der Waals surface area contributed by atoms with E-state index >= 15 is 0 Å². The maximum absolute atomic E-state index is 13.8. The third-order valence-electron chi connectivity index (χ3n) is 7.75. The number of methoxy groups -OCH3 is 1. The zero-order valence-electron chi connectivity index (χ0n) is 21.0. The molecule has 0 aliphatic carbocycles. The molecule has 35 heavy (non-hydrogen) atoms. The molecule has 4 heterocycles. The molecule has 0 radical (unpaired) electrons. The van der Waals surface area contributed by atoms with Crippen LogP contribution in [0.5, 0.6) is 5.75 Å². The van der Waals surface area contributed by atoms with Gasteiger partial charge in [-0.2, -0.15) is 0 Å². The first-order valence-corrected chi connectivity index (χ1v) is 13.4. The Labute approximate surface area is 210 Å². The van der Waals surface area contributed by atoms with Crippen LogP contribution in [0.1, 0.15) is 41.2 Å². The number of nitrogens with zero attached hydrogens (tertiary/aromatic N) is 2. The van der Waals surface area contributed by atoms with Gasteiger partial charge in [-0.15, -0.1) is 6.58 Å². The summed E-state index contributed by atoms with van der Waals surface area (Å²) in [6, 6.07) is 12.2. The highest BCUT2D eigenvalue weighted by Crippen LogP contribution is 2.44. The summed E-state index contributed by atoms with van der Waals surface area (Å²) in [6.45, 7) is 12.2. The van der Waals surface area contributed by atoms with Crippen LogP contribution in [0.2, 0.25) is 0 Å². The van der Waals surface area contributed by atoms with Crippen molar-refractivity contribution in [1.82, 2.24) is 9.88 Å². The molecular formula is C29H34N2O3S. The van der Waals surface area contributed by atoms with Crippen LogP contribution in [0.25, 0.3) is 10.9 Å². The quantitative estimate of drug-likeness (QED) is 0.389. The summed E-state index contributed by atoms with van der Waals surface area (Å²) in [6.07, 6.45) is 5.74. The lowest BCUT2D eigenvalue weighted by Gasteiger charge is -2.51. The van der Waals surface area contributed by atoms with Crippen molar-refractivity contribution in [3.05, 3.63) is 77.5 Å². The predicted molar refractivity (Wildman–Crippen MR) is 141 cm³/mol. The molecule has 0 spiro atoms. The van der Waals surface area contributed by atoms with E-state index < -0.39 is 11.1 Å². The van der Waals surface area contributed by atoms with Gasteiger partial charge in [-0.1, -0.05) is 23.8 Å². The summed E-state index contributed by atoms with van der Waals surface area (Å²) < 4.78 is 26.0. The average molecular weight is 491 g/mol. The van der Waals surface area contributed by atoms with E-state index in [4.69, 9.17) is 8.92 Å². The number of pyridine rings is 1. The molecular weight excluding hydrogens is 456 g/mol.